The average Bonchev–Trinajstić information content (AvgIpc) is 3.26. The van der Waals surface area contributed by atoms with Gasteiger partial charge in [0.1, 0.15) is 11.3 Å². The number of rotatable bonds is 3. The summed E-state index contributed by atoms with van der Waals surface area (Å²) in [6, 6.07) is 31.5. The minimum absolute atomic E-state index is 0.202. The van der Waals surface area contributed by atoms with Crippen molar-refractivity contribution in [1.29, 1.82) is 0 Å². The summed E-state index contributed by atoms with van der Waals surface area (Å²) in [5.41, 5.74) is 3.84. The van der Waals surface area contributed by atoms with Crippen molar-refractivity contribution in [2.45, 2.75) is 0 Å². The maximum absolute atomic E-state index is 10.4. The molecule has 32 heavy (non-hydrogen) atoms. The zero-order valence-corrected chi connectivity index (χ0v) is 17.1. The Hall–Kier alpha value is -4.44. The zero-order chi connectivity index (χ0) is 21.5. The van der Waals surface area contributed by atoms with Gasteiger partial charge in [0.15, 0.2) is 5.58 Å². The van der Waals surface area contributed by atoms with Crippen molar-refractivity contribution in [1.82, 2.24) is 4.98 Å². The number of aliphatic imine (C=N–C) groups is 1. The Morgan fingerprint density at radius 2 is 1.50 bits per heavy atom. The van der Waals surface area contributed by atoms with Gasteiger partial charge in [0.05, 0.1) is 5.69 Å². The van der Waals surface area contributed by atoms with Crippen LogP contribution in [0.2, 0.25) is 0 Å². The average molecular weight is 414 g/mol. The molecule has 1 N–H and O–H groups in total. The molecule has 1 heterocycles. The number of fused-ring (bicyclic) bond motifs is 3. The predicted octanol–water partition coefficient (Wildman–Crippen LogP) is 7.26. The maximum Gasteiger partial charge on any atom is 0.227 e. The second-order valence-electron chi connectivity index (χ2n) is 7.68. The Bertz CT molecular complexity index is 1640. The number of benzene rings is 5. The van der Waals surface area contributed by atoms with Gasteiger partial charge >= 0.3 is 0 Å². The molecular formula is C28H18N2O2. The number of nitrogens with zero attached hydrogens (tertiary/aromatic N) is 2. The Kier molecular flexibility index (Phi) is 4.22. The molecule has 0 aliphatic heterocycles. The molecule has 0 amide bonds. The molecule has 0 radical (unpaired) electrons. The summed E-state index contributed by atoms with van der Waals surface area (Å²) < 4.78 is 6.05. The van der Waals surface area contributed by atoms with Crippen molar-refractivity contribution in [3.05, 3.63) is 103 Å². The van der Waals surface area contributed by atoms with Crippen LogP contribution >= 0.6 is 0 Å². The van der Waals surface area contributed by atoms with Crippen molar-refractivity contribution < 1.29 is 9.52 Å². The second-order valence-corrected chi connectivity index (χ2v) is 7.68. The molecule has 0 bridgehead atoms. The number of aromatic hydroxyl groups is 1. The predicted molar refractivity (Wildman–Crippen MR) is 130 cm³/mol. The first kappa shape index (κ1) is 18.3. The van der Waals surface area contributed by atoms with Crippen LogP contribution in [0.3, 0.4) is 0 Å². The summed E-state index contributed by atoms with van der Waals surface area (Å²) in [4.78, 5) is 9.33. The van der Waals surface area contributed by atoms with Crippen LogP contribution < -0.4 is 0 Å². The standard InChI is InChI=1S/C28H18N2O2/c31-26-14-12-19-7-2-4-10-22(19)24(26)17-29-20-13-15-27-25(16-20)30-28(32-27)23-11-5-8-18-6-1-3-9-21(18)23/h1-17,31H. The lowest BCUT2D eigenvalue weighted by Gasteiger charge is -2.04. The monoisotopic (exact) mass is 414 g/mol. The fraction of sp³-hybridized carbons (Fsp3) is 0. The maximum atomic E-state index is 10.4. The van der Waals surface area contributed by atoms with E-state index in [1.165, 1.54) is 0 Å². The molecule has 5 aromatic carbocycles. The minimum Gasteiger partial charge on any atom is -0.507 e. The largest absolute Gasteiger partial charge is 0.507 e. The van der Waals surface area contributed by atoms with Gasteiger partial charge in [0.2, 0.25) is 5.89 Å². The van der Waals surface area contributed by atoms with Crippen LogP contribution in [0, 0.1) is 0 Å². The Morgan fingerprint density at radius 3 is 2.38 bits per heavy atom. The van der Waals surface area contributed by atoms with Crippen LogP contribution in [-0.2, 0) is 0 Å². The highest BCUT2D eigenvalue weighted by atomic mass is 16.3. The summed E-state index contributed by atoms with van der Waals surface area (Å²) >= 11 is 0. The molecule has 6 rings (SSSR count). The van der Waals surface area contributed by atoms with E-state index in [9.17, 15) is 5.11 Å². The lowest BCUT2D eigenvalue weighted by atomic mass is 10.0. The number of phenols is 1. The SMILES string of the molecule is Oc1ccc2ccccc2c1C=Nc1ccc2oc(-c3cccc4ccccc34)nc2c1. The number of hydrogen-bond acceptors (Lipinski definition) is 4. The van der Waals surface area contributed by atoms with Crippen LogP contribution in [0.1, 0.15) is 5.56 Å². The van der Waals surface area contributed by atoms with Crippen LogP contribution in [0.5, 0.6) is 5.75 Å². The van der Waals surface area contributed by atoms with Gasteiger partial charge in [-0.2, -0.15) is 0 Å². The van der Waals surface area contributed by atoms with E-state index < -0.39 is 0 Å². The molecule has 0 fully saturated rings. The third-order valence-electron chi connectivity index (χ3n) is 5.68. The third kappa shape index (κ3) is 3.10. The summed E-state index contributed by atoms with van der Waals surface area (Å²) in [5, 5.41) is 14.6. The van der Waals surface area contributed by atoms with E-state index in [0.717, 1.165) is 38.3 Å². The molecule has 0 saturated carbocycles. The molecule has 152 valence electrons. The fourth-order valence-electron chi connectivity index (χ4n) is 4.08. The van der Waals surface area contributed by atoms with Gasteiger partial charge in [-0.25, -0.2) is 4.98 Å². The highest BCUT2D eigenvalue weighted by molar-refractivity contribution is 6.03. The molecule has 1 aromatic heterocycles. The van der Waals surface area contributed by atoms with Gasteiger partial charge < -0.3 is 9.52 Å². The number of aromatic nitrogens is 1. The van der Waals surface area contributed by atoms with E-state index in [-0.39, 0.29) is 5.75 Å². The summed E-state index contributed by atoms with van der Waals surface area (Å²) in [6.45, 7) is 0. The van der Waals surface area contributed by atoms with Gasteiger partial charge in [-0.15, -0.1) is 0 Å². The number of phenolic OH excluding ortho intramolecular Hbond substituents is 1. The van der Waals surface area contributed by atoms with Crippen molar-refractivity contribution in [3.63, 3.8) is 0 Å². The van der Waals surface area contributed by atoms with E-state index >= 15 is 0 Å². The molecule has 0 saturated heterocycles. The van der Waals surface area contributed by atoms with E-state index in [1.54, 1.807) is 12.3 Å². The highest BCUT2D eigenvalue weighted by Crippen LogP contribution is 2.32. The quantitative estimate of drug-likeness (QED) is 0.310. The van der Waals surface area contributed by atoms with Crippen molar-refractivity contribution in [2.75, 3.05) is 0 Å². The number of hydrogen-bond donors (Lipinski definition) is 1. The molecule has 0 unspecified atom stereocenters. The highest BCUT2D eigenvalue weighted by Gasteiger charge is 2.12. The van der Waals surface area contributed by atoms with Gasteiger partial charge in [0.25, 0.3) is 0 Å². The molecule has 6 aromatic rings. The lowest BCUT2D eigenvalue weighted by molar-refractivity contribution is 0.475. The summed E-state index contributed by atoms with van der Waals surface area (Å²) in [5.74, 6) is 0.790. The normalized spacial score (nSPS) is 11.8. The Labute approximate surface area is 184 Å². The van der Waals surface area contributed by atoms with Crippen molar-refractivity contribution in [2.24, 2.45) is 4.99 Å². The van der Waals surface area contributed by atoms with Gasteiger partial charge in [-0.3, -0.25) is 4.99 Å². The van der Waals surface area contributed by atoms with Crippen LogP contribution in [-0.4, -0.2) is 16.3 Å². The van der Waals surface area contributed by atoms with Crippen molar-refractivity contribution in [3.8, 4) is 17.2 Å². The molecular weight excluding hydrogens is 396 g/mol. The van der Waals surface area contributed by atoms with Gasteiger partial charge in [-0.1, -0.05) is 66.7 Å². The second kappa shape index (κ2) is 7.36. The zero-order valence-electron chi connectivity index (χ0n) is 17.1. The van der Waals surface area contributed by atoms with Gasteiger partial charge in [-0.05, 0) is 51.9 Å². The van der Waals surface area contributed by atoms with E-state index in [0.29, 0.717) is 17.0 Å². The molecule has 0 atom stereocenters. The van der Waals surface area contributed by atoms with E-state index in [1.807, 2.05) is 72.8 Å². The van der Waals surface area contributed by atoms with Gasteiger partial charge in [0, 0.05) is 17.3 Å². The smallest absolute Gasteiger partial charge is 0.227 e. The first-order valence-corrected chi connectivity index (χ1v) is 10.4. The summed E-state index contributed by atoms with van der Waals surface area (Å²) in [6.07, 6.45) is 1.70. The first-order chi connectivity index (χ1) is 15.8. The van der Waals surface area contributed by atoms with E-state index in [2.05, 4.69) is 23.2 Å². The van der Waals surface area contributed by atoms with Crippen molar-refractivity contribution >= 4 is 44.5 Å². The molecule has 0 spiro atoms. The summed E-state index contributed by atoms with van der Waals surface area (Å²) in [7, 11) is 0. The first-order valence-electron chi connectivity index (χ1n) is 10.4. The topological polar surface area (TPSA) is 58.6 Å². The van der Waals surface area contributed by atoms with E-state index in [4.69, 9.17) is 9.40 Å². The van der Waals surface area contributed by atoms with Crippen LogP contribution in [0.4, 0.5) is 5.69 Å². The van der Waals surface area contributed by atoms with Crippen LogP contribution in [0.25, 0.3) is 44.1 Å². The fourth-order valence-corrected chi connectivity index (χ4v) is 4.08. The molecule has 0 aliphatic rings. The molecule has 4 nitrogen and oxygen atoms in total. The number of oxazole rings is 1. The molecule has 0 aliphatic carbocycles. The lowest BCUT2D eigenvalue weighted by Crippen LogP contribution is -1.85. The van der Waals surface area contributed by atoms with Crippen LogP contribution in [0.15, 0.2) is 106 Å². The minimum atomic E-state index is 0.202. The third-order valence-corrected chi connectivity index (χ3v) is 5.68. The Balaban J connectivity index is 1.40. The Morgan fingerprint density at radius 1 is 0.750 bits per heavy atom. The molecule has 4 heteroatoms.